The molecule has 0 fully saturated rings. The number of amides is 2. The molecule has 3 N–H and O–H groups in total. The topological polar surface area (TPSA) is 149 Å². The van der Waals surface area contributed by atoms with Gasteiger partial charge in [0.1, 0.15) is 5.75 Å². The molecule has 0 radical (unpaired) electrons. The summed E-state index contributed by atoms with van der Waals surface area (Å²) in [5, 5.41) is 7.04. The maximum Gasteiger partial charge on any atom is 0.323 e. The van der Waals surface area contributed by atoms with Crippen LogP contribution in [0.25, 0.3) is 10.8 Å². The predicted octanol–water partition coefficient (Wildman–Crippen LogP) is 5.95. The number of urea groups is 1. The molecule has 4 rings (SSSR count). The van der Waals surface area contributed by atoms with Crippen molar-refractivity contribution in [2.75, 3.05) is 28.7 Å². The van der Waals surface area contributed by atoms with Crippen LogP contribution in [0.4, 0.5) is 21.9 Å². The van der Waals surface area contributed by atoms with Crippen molar-refractivity contribution in [1.82, 2.24) is 9.97 Å². The lowest BCUT2D eigenvalue weighted by atomic mass is 9.86. The molecule has 0 saturated heterocycles. The number of carbonyl (C=O) groups excluding carboxylic acids is 2. The molecule has 0 bridgehead atoms. The highest BCUT2D eigenvalue weighted by Gasteiger charge is 2.22. The Morgan fingerprint density at radius 2 is 1.56 bits per heavy atom. The fourth-order valence-electron chi connectivity index (χ4n) is 4.08. The molecule has 11 nitrogen and oxygen atoms in total. The van der Waals surface area contributed by atoms with Gasteiger partial charge < -0.3 is 20.1 Å². The van der Waals surface area contributed by atoms with Crippen LogP contribution in [0, 0.1) is 0 Å². The minimum absolute atomic E-state index is 0.0441. The third-order valence-corrected chi connectivity index (χ3v) is 6.59. The van der Waals surface area contributed by atoms with Gasteiger partial charge in [-0.2, -0.15) is 4.98 Å². The van der Waals surface area contributed by atoms with E-state index in [1.807, 2.05) is 45.0 Å². The van der Waals surface area contributed by atoms with E-state index in [0.717, 1.165) is 11.8 Å². The van der Waals surface area contributed by atoms with E-state index >= 15 is 0 Å². The van der Waals surface area contributed by atoms with Crippen molar-refractivity contribution in [1.29, 1.82) is 0 Å². The summed E-state index contributed by atoms with van der Waals surface area (Å²) in [6, 6.07) is 15.1. The minimum atomic E-state index is -3.62. The van der Waals surface area contributed by atoms with Gasteiger partial charge >= 0.3 is 6.03 Å². The smallest absolute Gasteiger partial charge is 0.323 e. The second-order valence-corrected chi connectivity index (χ2v) is 12.1. The van der Waals surface area contributed by atoms with Gasteiger partial charge in [0, 0.05) is 30.0 Å². The van der Waals surface area contributed by atoms with Gasteiger partial charge in [0.05, 0.1) is 30.4 Å². The van der Waals surface area contributed by atoms with Gasteiger partial charge in [0.2, 0.25) is 15.9 Å². The maximum absolute atomic E-state index is 13.2. The Morgan fingerprint density at radius 1 is 0.902 bits per heavy atom. The first-order valence-corrected chi connectivity index (χ1v) is 14.5. The molecule has 0 atom stereocenters. The summed E-state index contributed by atoms with van der Waals surface area (Å²) in [6.07, 6.45) is 2.49. The number of benzene rings is 3. The van der Waals surface area contributed by atoms with Crippen molar-refractivity contribution in [2.24, 2.45) is 0 Å². The normalized spacial score (nSPS) is 11.6. The van der Waals surface area contributed by atoms with Crippen LogP contribution in [0.1, 0.15) is 43.9 Å². The number of nitrogens with one attached hydrogen (secondary N) is 3. The average molecular weight is 578 g/mol. The average Bonchev–Trinajstić information content (AvgIpc) is 2.88. The first kappa shape index (κ1) is 29.3. The third kappa shape index (κ3) is 7.09. The van der Waals surface area contributed by atoms with E-state index in [0.29, 0.717) is 22.2 Å². The zero-order valence-corrected chi connectivity index (χ0v) is 24.3. The number of sulfonamides is 1. The number of hydrogen-bond donors (Lipinski definition) is 3. The van der Waals surface area contributed by atoms with Crippen LogP contribution in [0.2, 0.25) is 0 Å². The summed E-state index contributed by atoms with van der Waals surface area (Å²) in [4.78, 5) is 33.0. The van der Waals surface area contributed by atoms with Crippen LogP contribution in [0.15, 0.2) is 60.8 Å². The Hall–Kier alpha value is -4.71. The van der Waals surface area contributed by atoms with Crippen LogP contribution in [-0.4, -0.2) is 43.6 Å². The number of nitrogens with zero attached hydrogens (tertiary/aromatic N) is 2. The molecule has 0 unspecified atom stereocenters. The van der Waals surface area contributed by atoms with Gasteiger partial charge in [0.15, 0.2) is 17.4 Å². The van der Waals surface area contributed by atoms with Crippen molar-refractivity contribution in [3.05, 3.63) is 72.2 Å². The lowest BCUT2D eigenvalue weighted by Gasteiger charge is -2.24. The zero-order valence-electron chi connectivity index (χ0n) is 23.5. The molecular formula is C29H31N5O6S. The number of Topliss-reactive ketones (excluding diaryl/α,β-unsaturated/α-hetero) is 1. The molecule has 3 aromatic carbocycles. The summed E-state index contributed by atoms with van der Waals surface area (Å²) in [5.41, 5.74) is 1.43. The van der Waals surface area contributed by atoms with E-state index in [1.54, 1.807) is 30.3 Å². The van der Waals surface area contributed by atoms with E-state index in [9.17, 15) is 18.0 Å². The molecule has 0 saturated carbocycles. The van der Waals surface area contributed by atoms with Crippen molar-refractivity contribution < 1.29 is 27.5 Å². The van der Waals surface area contributed by atoms with E-state index in [1.165, 1.54) is 20.2 Å². The second-order valence-electron chi connectivity index (χ2n) is 10.3. The predicted molar refractivity (Wildman–Crippen MR) is 159 cm³/mol. The lowest BCUT2D eigenvalue weighted by Crippen LogP contribution is -2.22. The summed E-state index contributed by atoms with van der Waals surface area (Å²) < 4.78 is 38.0. The molecule has 0 aliphatic carbocycles. The standard InChI is InChI=1S/C29H31N5O6S/c1-17(35)27-30-14-13-25(33-27)40-24-12-11-21(19-9-7-8-10-20(19)24)31-28(36)32-22-15-18(29(2,3)4)16-23(26(22)39-5)34-41(6,37)38/h7-16,34H,1-6H3,(H2,31,32,36). The van der Waals surface area contributed by atoms with Crippen molar-refractivity contribution in [3.63, 3.8) is 0 Å². The summed E-state index contributed by atoms with van der Waals surface area (Å²) in [6.45, 7) is 7.29. The quantitative estimate of drug-likeness (QED) is 0.218. The molecule has 4 aromatic rings. The van der Waals surface area contributed by atoms with Crippen LogP contribution in [-0.2, 0) is 15.4 Å². The molecule has 2 amide bonds. The van der Waals surface area contributed by atoms with Gasteiger partial charge in [-0.05, 0) is 35.2 Å². The Balaban J connectivity index is 1.66. The zero-order chi connectivity index (χ0) is 29.9. The summed E-state index contributed by atoms with van der Waals surface area (Å²) >= 11 is 0. The van der Waals surface area contributed by atoms with Crippen LogP contribution in [0.5, 0.6) is 17.4 Å². The Morgan fingerprint density at radius 3 is 2.20 bits per heavy atom. The minimum Gasteiger partial charge on any atom is -0.492 e. The Kier molecular flexibility index (Phi) is 8.15. The fourth-order valence-corrected chi connectivity index (χ4v) is 4.63. The molecule has 41 heavy (non-hydrogen) atoms. The molecule has 1 heterocycles. The third-order valence-electron chi connectivity index (χ3n) is 5.99. The second kappa shape index (κ2) is 11.4. The number of anilines is 3. The molecule has 12 heteroatoms. The van der Waals surface area contributed by atoms with Crippen molar-refractivity contribution >= 4 is 49.7 Å². The fraction of sp³-hybridized carbons (Fsp3) is 0.241. The highest BCUT2D eigenvalue weighted by molar-refractivity contribution is 7.92. The van der Waals surface area contributed by atoms with Gasteiger partial charge in [-0.3, -0.25) is 9.52 Å². The van der Waals surface area contributed by atoms with E-state index in [2.05, 4.69) is 25.3 Å². The number of carbonyl (C=O) groups is 2. The largest absolute Gasteiger partial charge is 0.492 e. The van der Waals surface area contributed by atoms with Gasteiger partial charge in [-0.1, -0.05) is 45.0 Å². The van der Waals surface area contributed by atoms with E-state index < -0.39 is 16.1 Å². The number of rotatable bonds is 8. The summed E-state index contributed by atoms with van der Waals surface area (Å²) in [7, 11) is -2.22. The molecule has 214 valence electrons. The van der Waals surface area contributed by atoms with Crippen LogP contribution < -0.4 is 24.8 Å². The number of aromatic nitrogens is 2. The number of ketones is 1. The highest BCUT2D eigenvalue weighted by atomic mass is 32.2. The molecule has 1 aromatic heterocycles. The number of hydrogen-bond acceptors (Lipinski definition) is 8. The molecular weight excluding hydrogens is 546 g/mol. The monoisotopic (exact) mass is 577 g/mol. The highest BCUT2D eigenvalue weighted by Crippen LogP contribution is 2.39. The van der Waals surface area contributed by atoms with Gasteiger partial charge in [-0.25, -0.2) is 18.2 Å². The number of ether oxygens (including phenoxy) is 2. The van der Waals surface area contributed by atoms with Crippen molar-refractivity contribution in [2.45, 2.75) is 33.1 Å². The van der Waals surface area contributed by atoms with Gasteiger partial charge in [-0.15, -0.1) is 0 Å². The molecule has 0 aliphatic heterocycles. The lowest BCUT2D eigenvalue weighted by molar-refractivity contribution is 0.100. The van der Waals surface area contributed by atoms with E-state index in [4.69, 9.17) is 9.47 Å². The first-order chi connectivity index (χ1) is 19.2. The van der Waals surface area contributed by atoms with Crippen LogP contribution in [0.3, 0.4) is 0 Å². The summed E-state index contributed by atoms with van der Waals surface area (Å²) in [5.74, 6) is 0.605. The number of fused-ring (bicyclic) bond motifs is 1. The van der Waals surface area contributed by atoms with E-state index in [-0.39, 0.29) is 40.0 Å². The number of methoxy groups -OCH3 is 1. The SMILES string of the molecule is COc1c(NC(=O)Nc2ccc(Oc3ccnc(C(C)=O)n3)c3ccccc23)cc(C(C)(C)C)cc1NS(C)(=O)=O. The Bertz CT molecular complexity index is 1750. The van der Waals surface area contributed by atoms with Crippen LogP contribution >= 0.6 is 0 Å². The molecule has 0 spiro atoms. The van der Waals surface area contributed by atoms with Crippen molar-refractivity contribution in [3.8, 4) is 17.4 Å². The van der Waals surface area contributed by atoms with Gasteiger partial charge in [0.25, 0.3) is 0 Å². The Labute approximate surface area is 238 Å². The first-order valence-electron chi connectivity index (χ1n) is 12.6. The maximum atomic E-state index is 13.2. The molecule has 0 aliphatic rings.